The van der Waals surface area contributed by atoms with Crippen LogP contribution < -0.4 is 10.1 Å². The molecule has 0 aliphatic heterocycles. The van der Waals surface area contributed by atoms with Crippen LogP contribution in [-0.2, 0) is 12.8 Å². The van der Waals surface area contributed by atoms with Gasteiger partial charge in [-0.15, -0.1) is 0 Å². The molecule has 4 heteroatoms. The van der Waals surface area contributed by atoms with Crippen LogP contribution in [0.2, 0.25) is 0 Å². The largest absolute Gasteiger partial charge is 0.496 e. The molecule has 1 heterocycles. The molecule has 3 nitrogen and oxygen atoms in total. The van der Waals surface area contributed by atoms with E-state index in [2.05, 4.69) is 57.4 Å². The molecule has 1 unspecified atom stereocenters. The van der Waals surface area contributed by atoms with Gasteiger partial charge in [-0.1, -0.05) is 19.1 Å². The van der Waals surface area contributed by atoms with Gasteiger partial charge in [-0.3, -0.25) is 4.98 Å². The number of nitrogens with zero attached hydrogens (tertiary/aromatic N) is 1. The van der Waals surface area contributed by atoms with Crippen molar-refractivity contribution in [2.75, 3.05) is 14.2 Å². The van der Waals surface area contributed by atoms with Gasteiger partial charge in [0.2, 0.25) is 0 Å². The lowest BCUT2D eigenvalue weighted by atomic mass is 10.0. The maximum Gasteiger partial charge on any atom is 0.133 e. The Morgan fingerprint density at radius 1 is 1.29 bits per heavy atom. The van der Waals surface area contributed by atoms with Crippen molar-refractivity contribution >= 4 is 15.9 Å². The van der Waals surface area contributed by atoms with E-state index in [9.17, 15) is 0 Å². The van der Waals surface area contributed by atoms with Crippen molar-refractivity contribution in [1.29, 1.82) is 0 Å². The van der Waals surface area contributed by atoms with Crippen LogP contribution >= 0.6 is 15.9 Å². The van der Waals surface area contributed by atoms with Crippen LogP contribution in [0.5, 0.6) is 5.75 Å². The van der Waals surface area contributed by atoms with Gasteiger partial charge < -0.3 is 10.1 Å². The van der Waals surface area contributed by atoms with Crippen LogP contribution in [0, 0.1) is 0 Å². The highest BCUT2D eigenvalue weighted by Crippen LogP contribution is 2.29. The summed E-state index contributed by atoms with van der Waals surface area (Å²) < 4.78 is 6.25. The first-order valence-corrected chi connectivity index (χ1v) is 7.91. The van der Waals surface area contributed by atoms with E-state index in [1.54, 1.807) is 7.11 Å². The van der Waals surface area contributed by atoms with E-state index >= 15 is 0 Å². The molecule has 0 saturated carbocycles. The number of ether oxygens (including phenoxy) is 1. The molecule has 0 saturated heterocycles. The fourth-order valence-electron chi connectivity index (χ4n) is 2.28. The predicted octanol–water partition coefficient (Wildman–Crippen LogP) is 3.92. The Balaban J connectivity index is 2.16. The third kappa shape index (κ3) is 4.05. The minimum atomic E-state index is 0.229. The Morgan fingerprint density at radius 2 is 2.10 bits per heavy atom. The number of halogens is 1. The van der Waals surface area contributed by atoms with Gasteiger partial charge in [-0.25, -0.2) is 0 Å². The highest BCUT2D eigenvalue weighted by Gasteiger charge is 2.13. The van der Waals surface area contributed by atoms with Crippen LogP contribution in [0.15, 0.2) is 41.0 Å². The lowest BCUT2D eigenvalue weighted by molar-refractivity contribution is 0.411. The normalized spacial score (nSPS) is 12.2. The number of methoxy groups -OCH3 is 1. The zero-order chi connectivity index (χ0) is 15.2. The van der Waals surface area contributed by atoms with Crippen molar-refractivity contribution in [1.82, 2.24) is 10.3 Å². The zero-order valence-electron chi connectivity index (χ0n) is 12.7. The fraction of sp³-hybridized carbons (Fsp3) is 0.353. The molecule has 1 aromatic carbocycles. The Bertz CT molecular complexity index is 584. The van der Waals surface area contributed by atoms with E-state index in [1.807, 2.05) is 19.3 Å². The summed E-state index contributed by atoms with van der Waals surface area (Å²) in [5, 5.41) is 3.36. The molecule has 1 aromatic heterocycles. The number of hydrogen-bond acceptors (Lipinski definition) is 3. The van der Waals surface area contributed by atoms with Crippen LogP contribution in [0.25, 0.3) is 0 Å². The summed E-state index contributed by atoms with van der Waals surface area (Å²) >= 11 is 3.54. The van der Waals surface area contributed by atoms with Gasteiger partial charge in [-0.2, -0.15) is 0 Å². The summed E-state index contributed by atoms with van der Waals surface area (Å²) in [5.74, 6) is 0.846. The average Bonchev–Trinajstić information content (AvgIpc) is 2.53. The molecular weight excluding hydrogens is 328 g/mol. The number of benzene rings is 1. The van der Waals surface area contributed by atoms with Crippen LogP contribution in [0.1, 0.15) is 29.8 Å². The van der Waals surface area contributed by atoms with Gasteiger partial charge in [-0.05, 0) is 58.7 Å². The number of nitrogens with one attached hydrogen (secondary N) is 1. The van der Waals surface area contributed by atoms with E-state index in [4.69, 9.17) is 4.74 Å². The molecule has 0 aliphatic carbocycles. The lowest BCUT2D eigenvalue weighted by Gasteiger charge is -2.17. The summed E-state index contributed by atoms with van der Waals surface area (Å²) in [6.07, 6.45) is 3.85. The first-order valence-electron chi connectivity index (χ1n) is 7.12. The van der Waals surface area contributed by atoms with E-state index in [-0.39, 0.29) is 6.04 Å². The lowest BCUT2D eigenvalue weighted by Crippen LogP contribution is -2.19. The Labute approximate surface area is 134 Å². The molecule has 21 heavy (non-hydrogen) atoms. The van der Waals surface area contributed by atoms with Crippen molar-refractivity contribution in [3.63, 3.8) is 0 Å². The number of aryl methyl sites for hydroxylation is 1. The summed E-state index contributed by atoms with van der Waals surface area (Å²) in [6, 6.07) is 10.7. The van der Waals surface area contributed by atoms with Crippen molar-refractivity contribution in [3.8, 4) is 5.75 Å². The maximum atomic E-state index is 5.28. The Morgan fingerprint density at radius 3 is 2.62 bits per heavy atom. The predicted molar refractivity (Wildman–Crippen MR) is 89.8 cm³/mol. The monoisotopic (exact) mass is 348 g/mol. The molecule has 0 aliphatic rings. The number of aromatic nitrogens is 1. The minimum absolute atomic E-state index is 0.229. The van der Waals surface area contributed by atoms with Crippen molar-refractivity contribution in [2.45, 2.75) is 25.8 Å². The first-order chi connectivity index (χ1) is 10.2. The quantitative estimate of drug-likeness (QED) is 0.858. The molecule has 112 valence electrons. The molecule has 1 atom stereocenters. The standard InChI is InChI=1S/C17H21BrN2O/c1-4-12-5-7-14(20-11-12)10-16(19-2)13-6-8-17(21-3)15(18)9-13/h5-9,11,16,19H,4,10H2,1-3H3. The number of hydrogen-bond donors (Lipinski definition) is 1. The number of rotatable bonds is 6. The smallest absolute Gasteiger partial charge is 0.133 e. The van der Waals surface area contributed by atoms with E-state index in [0.29, 0.717) is 0 Å². The van der Waals surface area contributed by atoms with Gasteiger partial charge in [0, 0.05) is 24.4 Å². The molecular formula is C17H21BrN2O. The Hall–Kier alpha value is -1.39. The third-order valence-corrected chi connectivity index (χ3v) is 4.25. The molecule has 0 amide bonds. The summed E-state index contributed by atoms with van der Waals surface area (Å²) in [4.78, 5) is 4.54. The van der Waals surface area contributed by atoms with Crippen LogP contribution in [-0.4, -0.2) is 19.1 Å². The molecule has 2 rings (SSSR count). The first kappa shape index (κ1) is 16.0. The molecule has 2 aromatic rings. The summed E-state index contributed by atoms with van der Waals surface area (Å²) in [7, 11) is 3.65. The third-order valence-electron chi connectivity index (χ3n) is 3.63. The van der Waals surface area contributed by atoms with Gasteiger partial charge in [0.25, 0.3) is 0 Å². The van der Waals surface area contributed by atoms with E-state index in [1.165, 1.54) is 11.1 Å². The minimum Gasteiger partial charge on any atom is -0.496 e. The second-order valence-corrected chi connectivity index (χ2v) is 5.81. The van der Waals surface area contributed by atoms with Crippen molar-refractivity contribution < 1.29 is 4.74 Å². The summed E-state index contributed by atoms with van der Waals surface area (Å²) in [6.45, 7) is 2.14. The summed E-state index contributed by atoms with van der Waals surface area (Å²) in [5.41, 5.74) is 3.58. The zero-order valence-corrected chi connectivity index (χ0v) is 14.3. The van der Waals surface area contributed by atoms with Crippen molar-refractivity contribution in [3.05, 3.63) is 57.8 Å². The number of likely N-dealkylation sites (N-methyl/N-ethyl adjacent to an activating group) is 1. The molecule has 0 spiro atoms. The van der Waals surface area contributed by atoms with Gasteiger partial charge in [0.1, 0.15) is 5.75 Å². The second-order valence-electron chi connectivity index (χ2n) is 4.95. The van der Waals surface area contributed by atoms with Crippen LogP contribution in [0.3, 0.4) is 0 Å². The molecule has 0 radical (unpaired) electrons. The highest BCUT2D eigenvalue weighted by molar-refractivity contribution is 9.10. The van der Waals surface area contributed by atoms with E-state index < -0.39 is 0 Å². The van der Waals surface area contributed by atoms with Gasteiger partial charge >= 0.3 is 0 Å². The number of pyridine rings is 1. The van der Waals surface area contributed by atoms with Gasteiger partial charge in [0.05, 0.1) is 11.6 Å². The van der Waals surface area contributed by atoms with Crippen LogP contribution in [0.4, 0.5) is 0 Å². The molecule has 0 fully saturated rings. The van der Waals surface area contributed by atoms with Gasteiger partial charge in [0.15, 0.2) is 0 Å². The van der Waals surface area contributed by atoms with E-state index in [0.717, 1.165) is 28.8 Å². The molecule has 0 bridgehead atoms. The highest BCUT2D eigenvalue weighted by atomic mass is 79.9. The SMILES string of the molecule is CCc1ccc(CC(NC)c2ccc(OC)c(Br)c2)nc1. The maximum absolute atomic E-state index is 5.28. The fourth-order valence-corrected chi connectivity index (χ4v) is 2.84. The average molecular weight is 349 g/mol. The second kappa shape index (κ2) is 7.57. The Kier molecular flexibility index (Phi) is 5.76. The molecule has 1 N–H and O–H groups in total. The van der Waals surface area contributed by atoms with Crippen molar-refractivity contribution in [2.24, 2.45) is 0 Å². The topological polar surface area (TPSA) is 34.1 Å².